The van der Waals surface area contributed by atoms with Gasteiger partial charge in [-0.3, -0.25) is 14.4 Å². The lowest BCUT2D eigenvalue weighted by atomic mass is 9.95. The van der Waals surface area contributed by atoms with Crippen LogP contribution in [0.4, 0.5) is 27.8 Å². The van der Waals surface area contributed by atoms with Crippen LogP contribution in [0.1, 0.15) is 69.1 Å². The Bertz CT molecular complexity index is 1840. The maximum absolute atomic E-state index is 13.6. The number of carbonyl (C=O) groups is 2. The number of carbonyl (C=O) groups excluding carboxylic acids is 2. The van der Waals surface area contributed by atoms with Crippen LogP contribution < -0.4 is 16.2 Å². The van der Waals surface area contributed by atoms with Crippen molar-refractivity contribution >= 4 is 17.6 Å². The summed E-state index contributed by atoms with van der Waals surface area (Å²) < 4.78 is 73.4. The Kier molecular flexibility index (Phi) is 9.06. The molecule has 4 heterocycles. The number of hydrogen-bond donors (Lipinski definition) is 2. The molecule has 0 unspecified atom stereocenters. The van der Waals surface area contributed by atoms with E-state index < -0.39 is 54.7 Å². The Morgan fingerprint density at radius 1 is 1.08 bits per heavy atom. The average Bonchev–Trinajstić information content (AvgIpc) is 3.75. The van der Waals surface area contributed by atoms with E-state index in [1.807, 2.05) is 6.07 Å². The molecule has 10 nitrogen and oxygen atoms in total. The molecule has 1 atom stereocenters. The minimum atomic E-state index is -4.72. The van der Waals surface area contributed by atoms with Crippen LogP contribution in [0.5, 0.6) is 0 Å². The van der Waals surface area contributed by atoms with Crippen LogP contribution in [0.2, 0.25) is 0 Å². The van der Waals surface area contributed by atoms with E-state index in [-0.39, 0.29) is 41.1 Å². The van der Waals surface area contributed by atoms with Gasteiger partial charge in [-0.05, 0) is 72.7 Å². The molecule has 6 rings (SSSR count). The Morgan fingerprint density at radius 2 is 1.85 bits per heavy atom. The van der Waals surface area contributed by atoms with E-state index in [1.54, 1.807) is 6.07 Å². The number of anilines is 1. The molecule has 1 aromatic carbocycles. The summed E-state index contributed by atoms with van der Waals surface area (Å²) in [4.78, 5) is 45.4. The van der Waals surface area contributed by atoms with Crippen molar-refractivity contribution in [1.29, 1.82) is 5.26 Å². The van der Waals surface area contributed by atoms with Crippen LogP contribution in [0.15, 0.2) is 47.4 Å². The first-order valence-corrected chi connectivity index (χ1v) is 15.5. The zero-order chi connectivity index (χ0) is 34.2. The SMILES string of the molecule is N#Cc1ccc(-c2cc(NC(=O)c3cc(CNC[C@@H]4CCCO4)cn(CC(F)(F)F)c3=O)nc(C3CC3)c2)c(C(=O)N2CC(F)(F)C2)c1. The zero-order valence-electron chi connectivity index (χ0n) is 25.6. The molecular formula is C33H31F5N6O4. The summed E-state index contributed by atoms with van der Waals surface area (Å²) in [6.07, 6.45) is -0.342. The number of amides is 2. The molecular weight excluding hydrogens is 639 g/mol. The van der Waals surface area contributed by atoms with Crippen LogP contribution in [0.25, 0.3) is 11.1 Å². The van der Waals surface area contributed by atoms with E-state index >= 15 is 0 Å². The minimum Gasteiger partial charge on any atom is -0.377 e. The molecule has 3 fully saturated rings. The summed E-state index contributed by atoms with van der Waals surface area (Å²) in [5.41, 5.74) is 0.0149. The highest BCUT2D eigenvalue weighted by Gasteiger charge is 2.46. The Labute approximate surface area is 271 Å². The summed E-state index contributed by atoms with van der Waals surface area (Å²) in [6, 6.07) is 10.6. The topological polar surface area (TPSA) is 129 Å². The van der Waals surface area contributed by atoms with Crippen LogP contribution in [0, 0.1) is 11.3 Å². The van der Waals surface area contributed by atoms with Gasteiger partial charge in [-0.1, -0.05) is 6.07 Å². The first-order valence-electron chi connectivity index (χ1n) is 15.5. The third kappa shape index (κ3) is 7.71. The predicted molar refractivity (Wildman–Crippen MR) is 163 cm³/mol. The average molecular weight is 671 g/mol. The molecule has 15 heteroatoms. The van der Waals surface area contributed by atoms with Crippen molar-refractivity contribution in [3.8, 4) is 17.2 Å². The molecule has 48 heavy (non-hydrogen) atoms. The fraction of sp³-hybridized carbons (Fsp3) is 0.424. The van der Waals surface area contributed by atoms with Crippen molar-refractivity contribution in [2.75, 3.05) is 31.6 Å². The number of halogens is 5. The van der Waals surface area contributed by atoms with Gasteiger partial charge in [-0.2, -0.15) is 18.4 Å². The molecule has 2 N–H and O–H groups in total. The van der Waals surface area contributed by atoms with Crippen molar-refractivity contribution in [3.05, 3.63) is 80.9 Å². The third-order valence-electron chi connectivity index (χ3n) is 8.37. The first kappa shape index (κ1) is 33.2. The number of hydrogen-bond acceptors (Lipinski definition) is 7. The van der Waals surface area contributed by atoms with Crippen molar-refractivity contribution < 1.29 is 36.3 Å². The lowest BCUT2D eigenvalue weighted by Gasteiger charge is -2.39. The normalized spacial score (nSPS) is 18.7. The molecule has 0 radical (unpaired) electrons. The summed E-state index contributed by atoms with van der Waals surface area (Å²) in [5.74, 6) is -4.68. The van der Waals surface area contributed by atoms with Gasteiger partial charge in [-0.15, -0.1) is 0 Å². The van der Waals surface area contributed by atoms with Gasteiger partial charge >= 0.3 is 6.18 Å². The number of rotatable bonds is 10. The van der Waals surface area contributed by atoms with E-state index in [9.17, 15) is 41.6 Å². The van der Waals surface area contributed by atoms with Crippen LogP contribution >= 0.6 is 0 Å². The van der Waals surface area contributed by atoms with E-state index in [0.717, 1.165) is 36.8 Å². The van der Waals surface area contributed by atoms with Gasteiger partial charge < -0.3 is 24.8 Å². The van der Waals surface area contributed by atoms with E-state index in [2.05, 4.69) is 15.6 Å². The van der Waals surface area contributed by atoms with Gasteiger partial charge in [0.2, 0.25) is 0 Å². The van der Waals surface area contributed by atoms with E-state index in [4.69, 9.17) is 4.74 Å². The third-order valence-corrected chi connectivity index (χ3v) is 8.37. The molecule has 252 valence electrons. The van der Waals surface area contributed by atoms with Crippen molar-refractivity contribution in [1.82, 2.24) is 19.8 Å². The van der Waals surface area contributed by atoms with Crippen molar-refractivity contribution in [3.63, 3.8) is 0 Å². The van der Waals surface area contributed by atoms with Gasteiger partial charge in [0.15, 0.2) is 0 Å². The number of nitrogens with zero attached hydrogens (tertiary/aromatic N) is 4. The number of alkyl halides is 5. The van der Waals surface area contributed by atoms with Crippen LogP contribution in [0.3, 0.4) is 0 Å². The Balaban J connectivity index is 1.32. The van der Waals surface area contributed by atoms with E-state index in [1.165, 1.54) is 30.3 Å². The van der Waals surface area contributed by atoms with Gasteiger partial charge in [-0.25, -0.2) is 13.8 Å². The molecule has 2 aromatic heterocycles. The smallest absolute Gasteiger partial charge is 0.377 e. The monoisotopic (exact) mass is 670 g/mol. The Hall–Kier alpha value is -4.68. The summed E-state index contributed by atoms with van der Waals surface area (Å²) in [6.45, 7) is -1.96. The van der Waals surface area contributed by atoms with Crippen LogP contribution in [-0.2, 0) is 17.8 Å². The number of likely N-dealkylation sites (tertiary alicyclic amines) is 1. The second-order valence-corrected chi connectivity index (χ2v) is 12.4. The lowest BCUT2D eigenvalue weighted by Crippen LogP contribution is -2.58. The molecule has 1 aliphatic carbocycles. The first-order chi connectivity index (χ1) is 22.8. The predicted octanol–water partition coefficient (Wildman–Crippen LogP) is 4.83. The van der Waals surface area contributed by atoms with Crippen LogP contribution in [-0.4, -0.2) is 70.7 Å². The summed E-state index contributed by atoms with van der Waals surface area (Å²) in [7, 11) is 0. The molecule has 0 bridgehead atoms. The van der Waals surface area contributed by atoms with Gasteiger partial charge in [0, 0.05) is 43.1 Å². The zero-order valence-corrected chi connectivity index (χ0v) is 25.6. The molecule has 2 saturated heterocycles. The Morgan fingerprint density at radius 3 is 2.50 bits per heavy atom. The maximum atomic E-state index is 13.6. The van der Waals surface area contributed by atoms with Gasteiger partial charge in [0.1, 0.15) is 17.9 Å². The molecule has 3 aliphatic rings. The van der Waals surface area contributed by atoms with E-state index in [0.29, 0.717) is 34.5 Å². The number of benzene rings is 1. The molecule has 0 spiro atoms. The minimum absolute atomic E-state index is 0.00742. The fourth-order valence-corrected chi connectivity index (χ4v) is 5.86. The summed E-state index contributed by atoms with van der Waals surface area (Å²) >= 11 is 0. The quantitative estimate of drug-likeness (QED) is 0.296. The standard InChI is InChI=1S/C33H31F5N6O4/c34-32(35)16-44(17-32)30(46)25-8-19(12-39)3-6-24(25)22-10-27(21-4-5-21)41-28(11-22)42-29(45)26-9-20(13-40-14-23-2-1-7-48-23)15-43(31(26)47)18-33(36,37)38/h3,6,8-11,15,21,23,40H,1-2,4-5,7,13-14,16-18H2,(H,41,42,45)/t23-/m0/s1. The van der Waals surface area contributed by atoms with Gasteiger partial charge in [0.25, 0.3) is 23.3 Å². The number of pyridine rings is 2. The number of nitriles is 1. The number of ether oxygens (including phenoxy) is 1. The highest BCUT2D eigenvalue weighted by atomic mass is 19.4. The number of nitrogens with one attached hydrogen (secondary N) is 2. The summed E-state index contributed by atoms with van der Waals surface area (Å²) in [5, 5.41) is 15.1. The highest BCUT2D eigenvalue weighted by molar-refractivity contribution is 6.05. The second kappa shape index (κ2) is 13.1. The maximum Gasteiger partial charge on any atom is 0.406 e. The lowest BCUT2D eigenvalue weighted by molar-refractivity contribution is -0.141. The molecule has 2 amide bonds. The van der Waals surface area contributed by atoms with Crippen molar-refractivity contribution in [2.45, 2.75) is 62.9 Å². The molecule has 3 aromatic rings. The highest BCUT2D eigenvalue weighted by Crippen LogP contribution is 2.41. The number of aromatic nitrogens is 2. The largest absolute Gasteiger partial charge is 0.406 e. The van der Waals surface area contributed by atoms with Gasteiger partial charge in [0.05, 0.1) is 30.8 Å². The van der Waals surface area contributed by atoms with Crippen molar-refractivity contribution in [2.24, 2.45) is 0 Å². The second-order valence-electron chi connectivity index (χ2n) is 12.4. The fourth-order valence-electron chi connectivity index (χ4n) is 5.86. The molecule has 1 saturated carbocycles. The molecule has 2 aliphatic heterocycles.